The second kappa shape index (κ2) is 11.9. The smallest absolute Gasteiger partial charge is 0.394 e. The summed E-state index contributed by atoms with van der Waals surface area (Å²) in [6.45, 7) is 2.37. The number of hydrogen-bond acceptors (Lipinski definition) is 5. The lowest BCUT2D eigenvalue weighted by Crippen LogP contribution is -2.57. The van der Waals surface area contributed by atoms with Gasteiger partial charge in [0.2, 0.25) is 0 Å². The van der Waals surface area contributed by atoms with Crippen molar-refractivity contribution in [3.05, 3.63) is 70.3 Å². The van der Waals surface area contributed by atoms with Crippen LogP contribution in [0.2, 0.25) is 0 Å². The number of likely N-dealkylation sites (tertiary alicyclic amines) is 1. The van der Waals surface area contributed by atoms with E-state index in [2.05, 4.69) is 5.16 Å². The predicted molar refractivity (Wildman–Crippen MR) is 140 cm³/mol. The van der Waals surface area contributed by atoms with Gasteiger partial charge in [-0.05, 0) is 73.4 Å². The van der Waals surface area contributed by atoms with Crippen LogP contribution < -0.4 is 5.73 Å². The highest BCUT2D eigenvalue weighted by atomic mass is 19.4. The lowest BCUT2D eigenvalue weighted by atomic mass is 9.81. The minimum absolute atomic E-state index is 0.0482. The second-order valence-electron chi connectivity index (χ2n) is 10.6. The first-order chi connectivity index (χ1) is 18.1. The molecule has 2 fully saturated rings. The van der Waals surface area contributed by atoms with Crippen LogP contribution in [-0.2, 0) is 17.6 Å². The van der Waals surface area contributed by atoms with Crippen molar-refractivity contribution in [2.24, 2.45) is 10.9 Å². The molecule has 6 nitrogen and oxygen atoms in total. The van der Waals surface area contributed by atoms with E-state index in [1.165, 1.54) is 6.07 Å². The van der Waals surface area contributed by atoms with Crippen LogP contribution in [0.4, 0.5) is 13.2 Å². The molecule has 0 aromatic heterocycles. The van der Waals surface area contributed by atoms with Crippen molar-refractivity contribution >= 4 is 11.6 Å². The summed E-state index contributed by atoms with van der Waals surface area (Å²) in [5.74, 6) is -0.199. The molecule has 206 valence electrons. The van der Waals surface area contributed by atoms with Crippen LogP contribution in [0, 0.1) is 0 Å². The van der Waals surface area contributed by atoms with E-state index >= 15 is 0 Å². The predicted octanol–water partition coefficient (Wildman–Crippen LogP) is 5.62. The molecule has 0 bridgehead atoms. The van der Waals surface area contributed by atoms with Crippen LogP contribution >= 0.6 is 0 Å². The summed E-state index contributed by atoms with van der Waals surface area (Å²) in [5, 5.41) is 13.6. The number of halogens is 3. The second-order valence-corrected chi connectivity index (χ2v) is 10.6. The number of aliphatic hydroxyl groups is 1. The lowest BCUT2D eigenvalue weighted by Gasteiger charge is -2.39. The third-order valence-electron chi connectivity index (χ3n) is 7.66. The number of rotatable bonds is 7. The molecule has 1 atom stereocenters. The minimum Gasteiger partial charge on any atom is -0.394 e. The summed E-state index contributed by atoms with van der Waals surface area (Å²) in [4.78, 5) is 20.0. The quantitative estimate of drug-likeness (QED) is 0.359. The molecule has 1 unspecified atom stereocenters. The van der Waals surface area contributed by atoms with Crippen molar-refractivity contribution in [2.75, 3.05) is 19.7 Å². The van der Waals surface area contributed by atoms with Gasteiger partial charge >= 0.3 is 6.18 Å². The van der Waals surface area contributed by atoms with E-state index in [4.69, 9.17) is 10.6 Å². The highest BCUT2D eigenvalue weighted by Crippen LogP contribution is 2.41. The fourth-order valence-electron chi connectivity index (χ4n) is 5.46. The minimum atomic E-state index is -4.42. The summed E-state index contributed by atoms with van der Waals surface area (Å²) in [6, 6.07) is 11.4. The standard InChI is InChI=1S/C29H36F3N3O3/c1-20(22-9-11-24(12-10-22)27(37)35-15-5-14-28(33,18-35)19-36)34-38-17-21-8-13-25(23-6-3-2-4-7-23)26(16-21)29(30,31)32/h8-13,16,23,36H,2-7,14-15,17-19,33H2,1H3/b34-20+. The van der Waals surface area contributed by atoms with Crippen LogP contribution in [0.3, 0.4) is 0 Å². The van der Waals surface area contributed by atoms with Gasteiger partial charge in [0.15, 0.2) is 0 Å². The van der Waals surface area contributed by atoms with Gasteiger partial charge in [-0.2, -0.15) is 13.2 Å². The van der Waals surface area contributed by atoms with Gasteiger partial charge < -0.3 is 20.6 Å². The molecule has 2 aliphatic rings. The Balaban J connectivity index is 1.39. The van der Waals surface area contributed by atoms with Crippen molar-refractivity contribution in [1.29, 1.82) is 0 Å². The number of carbonyl (C=O) groups is 1. The Morgan fingerprint density at radius 2 is 1.79 bits per heavy atom. The summed E-state index contributed by atoms with van der Waals surface area (Å²) < 4.78 is 41.4. The zero-order chi connectivity index (χ0) is 27.3. The van der Waals surface area contributed by atoms with E-state index in [0.717, 1.165) is 44.1 Å². The maximum absolute atomic E-state index is 13.8. The Labute approximate surface area is 221 Å². The molecular formula is C29H36F3N3O3. The SMILES string of the molecule is C/C(=N\OCc1ccc(C2CCCCC2)c(C(F)(F)F)c1)c1ccc(C(=O)N2CCCC(N)(CO)C2)cc1. The number of piperidine rings is 1. The Hall–Kier alpha value is -2.91. The Morgan fingerprint density at radius 3 is 2.45 bits per heavy atom. The first-order valence-corrected chi connectivity index (χ1v) is 13.3. The lowest BCUT2D eigenvalue weighted by molar-refractivity contribution is -0.138. The van der Waals surface area contributed by atoms with Crippen molar-refractivity contribution in [3.63, 3.8) is 0 Å². The number of amides is 1. The Morgan fingerprint density at radius 1 is 1.11 bits per heavy atom. The van der Waals surface area contributed by atoms with Gasteiger partial charge in [-0.15, -0.1) is 0 Å². The van der Waals surface area contributed by atoms with Gasteiger partial charge in [-0.1, -0.05) is 48.7 Å². The summed E-state index contributed by atoms with van der Waals surface area (Å²) in [5.41, 5.74) is 7.37. The number of carbonyl (C=O) groups excluding carboxylic acids is 1. The van der Waals surface area contributed by atoms with Gasteiger partial charge in [-0.3, -0.25) is 4.79 Å². The van der Waals surface area contributed by atoms with E-state index in [0.29, 0.717) is 41.9 Å². The van der Waals surface area contributed by atoms with Gasteiger partial charge in [-0.25, -0.2) is 0 Å². The maximum Gasteiger partial charge on any atom is 0.416 e. The number of oxime groups is 1. The Bertz CT molecular complexity index is 1140. The molecule has 1 heterocycles. The molecule has 1 saturated carbocycles. The molecule has 38 heavy (non-hydrogen) atoms. The fraction of sp³-hybridized carbons (Fsp3) is 0.517. The topological polar surface area (TPSA) is 88.2 Å². The van der Waals surface area contributed by atoms with Crippen molar-refractivity contribution in [2.45, 2.75) is 76.1 Å². The summed E-state index contributed by atoms with van der Waals surface area (Å²) in [7, 11) is 0. The third-order valence-corrected chi connectivity index (χ3v) is 7.66. The van der Waals surface area contributed by atoms with Crippen molar-refractivity contribution < 1.29 is 27.9 Å². The van der Waals surface area contributed by atoms with E-state index in [1.54, 1.807) is 48.2 Å². The summed E-state index contributed by atoms with van der Waals surface area (Å²) in [6.07, 6.45) is 1.58. The molecule has 2 aromatic carbocycles. The van der Waals surface area contributed by atoms with E-state index < -0.39 is 17.3 Å². The van der Waals surface area contributed by atoms with Crippen LogP contribution in [-0.4, -0.2) is 46.9 Å². The monoisotopic (exact) mass is 531 g/mol. The molecule has 0 radical (unpaired) electrons. The number of benzene rings is 2. The Kier molecular flexibility index (Phi) is 8.78. The molecule has 1 saturated heterocycles. The molecular weight excluding hydrogens is 495 g/mol. The zero-order valence-corrected chi connectivity index (χ0v) is 21.8. The van der Waals surface area contributed by atoms with Crippen molar-refractivity contribution in [1.82, 2.24) is 4.90 Å². The molecule has 1 aliphatic heterocycles. The fourth-order valence-corrected chi connectivity index (χ4v) is 5.46. The zero-order valence-electron chi connectivity index (χ0n) is 21.8. The number of hydrogen-bond donors (Lipinski definition) is 2. The first-order valence-electron chi connectivity index (χ1n) is 13.3. The first kappa shape index (κ1) is 28.1. The van der Waals surface area contributed by atoms with Gasteiger partial charge in [0.05, 0.1) is 23.4 Å². The molecule has 1 amide bonds. The molecule has 9 heteroatoms. The molecule has 3 N–H and O–H groups in total. The number of aliphatic hydroxyl groups excluding tert-OH is 1. The molecule has 1 aliphatic carbocycles. The molecule has 2 aromatic rings. The van der Waals surface area contributed by atoms with Crippen LogP contribution in [0.15, 0.2) is 47.6 Å². The molecule has 4 rings (SSSR count). The summed E-state index contributed by atoms with van der Waals surface area (Å²) >= 11 is 0. The van der Waals surface area contributed by atoms with E-state index in [9.17, 15) is 23.1 Å². The van der Waals surface area contributed by atoms with Crippen LogP contribution in [0.5, 0.6) is 0 Å². The number of nitrogens with two attached hydrogens (primary N) is 1. The van der Waals surface area contributed by atoms with E-state index in [1.807, 2.05) is 0 Å². The highest BCUT2D eigenvalue weighted by Gasteiger charge is 2.36. The highest BCUT2D eigenvalue weighted by molar-refractivity contribution is 6.00. The average molecular weight is 532 g/mol. The van der Waals surface area contributed by atoms with Crippen molar-refractivity contribution in [3.8, 4) is 0 Å². The van der Waals surface area contributed by atoms with Gasteiger partial charge in [0.25, 0.3) is 5.91 Å². The largest absolute Gasteiger partial charge is 0.416 e. The maximum atomic E-state index is 13.8. The number of alkyl halides is 3. The van der Waals surface area contributed by atoms with Crippen LogP contribution in [0.1, 0.15) is 90.4 Å². The van der Waals surface area contributed by atoms with E-state index in [-0.39, 0.29) is 25.0 Å². The number of nitrogens with zero attached hydrogens (tertiary/aromatic N) is 2. The third kappa shape index (κ3) is 6.74. The normalized spacial score (nSPS) is 21.4. The van der Waals surface area contributed by atoms with Gasteiger partial charge in [0, 0.05) is 18.7 Å². The van der Waals surface area contributed by atoms with Crippen LogP contribution in [0.25, 0.3) is 0 Å². The molecule has 0 spiro atoms. The van der Waals surface area contributed by atoms with Gasteiger partial charge in [0.1, 0.15) is 6.61 Å². The average Bonchev–Trinajstić information content (AvgIpc) is 2.92.